The quantitative estimate of drug-likeness (QED) is 0.863. The van der Waals surface area contributed by atoms with Crippen LogP contribution in [0, 0.1) is 17.3 Å². The lowest BCUT2D eigenvalue weighted by atomic mass is 10.0. The molecule has 0 unspecified atom stereocenters. The molecule has 20 heavy (non-hydrogen) atoms. The molecule has 0 fully saturated rings. The second-order valence-electron chi connectivity index (χ2n) is 5.90. The number of nitrogens with two attached hydrogens (primary N) is 1. The highest BCUT2D eigenvalue weighted by Crippen LogP contribution is 2.21. The summed E-state index contributed by atoms with van der Waals surface area (Å²) in [5.41, 5.74) is 6.03. The summed E-state index contributed by atoms with van der Waals surface area (Å²) in [4.78, 5) is 0.909. The maximum atomic E-state index is 12.2. The summed E-state index contributed by atoms with van der Waals surface area (Å²) in [6.07, 6.45) is 0. The van der Waals surface area contributed by atoms with Crippen LogP contribution in [0.1, 0.15) is 31.2 Å². The minimum absolute atomic E-state index is 0.139. The molecule has 0 aliphatic carbocycles. The molecule has 1 heterocycles. The lowest BCUT2D eigenvalue weighted by Gasteiger charge is -2.23. The Bertz CT molecular complexity index is 601. The first-order valence-corrected chi connectivity index (χ1v) is 8.83. The van der Waals surface area contributed by atoms with Crippen molar-refractivity contribution in [3.8, 4) is 11.8 Å². The van der Waals surface area contributed by atoms with Crippen LogP contribution < -0.4 is 5.73 Å². The fraction of sp³-hybridized carbons (Fsp3) is 0.571. The zero-order valence-electron chi connectivity index (χ0n) is 12.4. The van der Waals surface area contributed by atoms with Crippen LogP contribution >= 0.6 is 11.3 Å². The third-order valence-electron chi connectivity index (χ3n) is 2.46. The van der Waals surface area contributed by atoms with Crippen LogP contribution in [0.4, 0.5) is 0 Å². The van der Waals surface area contributed by atoms with Crippen molar-refractivity contribution in [2.45, 2.75) is 27.3 Å². The summed E-state index contributed by atoms with van der Waals surface area (Å²) < 4.78 is 25.8. The molecule has 1 aromatic heterocycles. The summed E-state index contributed by atoms with van der Waals surface area (Å²) in [5, 5.41) is 1.93. The van der Waals surface area contributed by atoms with Gasteiger partial charge in [0.2, 0.25) is 10.0 Å². The summed E-state index contributed by atoms with van der Waals surface area (Å²) in [5.74, 6) is 5.88. The predicted octanol–water partition coefficient (Wildman–Crippen LogP) is 1.87. The Balaban J connectivity index is 2.75. The minimum Gasteiger partial charge on any atom is -0.320 e. The molecular formula is C14H22N2O2S2. The third-order valence-corrected chi connectivity index (χ3v) is 5.67. The number of hydrogen-bond acceptors (Lipinski definition) is 4. The monoisotopic (exact) mass is 314 g/mol. The first-order valence-electron chi connectivity index (χ1n) is 6.34. The molecule has 0 saturated carbocycles. The van der Waals surface area contributed by atoms with Crippen LogP contribution in [0.3, 0.4) is 0 Å². The van der Waals surface area contributed by atoms with Gasteiger partial charge >= 0.3 is 0 Å². The summed E-state index contributed by atoms with van der Waals surface area (Å²) in [6.45, 7) is 6.46. The first-order chi connectivity index (χ1) is 9.14. The molecule has 0 atom stereocenters. The van der Waals surface area contributed by atoms with Gasteiger partial charge in [0.25, 0.3) is 0 Å². The molecule has 1 rings (SSSR count). The average Bonchev–Trinajstić information content (AvgIpc) is 2.70. The van der Waals surface area contributed by atoms with E-state index in [2.05, 4.69) is 11.8 Å². The molecule has 0 aliphatic rings. The molecule has 112 valence electrons. The zero-order valence-corrected chi connectivity index (χ0v) is 14.1. The minimum atomic E-state index is -3.24. The van der Waals surface area contributed by atoms with E-state index < -0.39 is 10.0 Å². The van der Waals surface area contributed by atoms with Crippen LogP contribution in [0.15, 0.2) is 11.4 Å². The average molecular weight is 314 g/mol. The molecular weight excluding hydrogens is 292 g/mol. The molecule has 0 radical (unpaired) electrons. The Morgan fingerprint density at radius 3 is 2.60 bits per heavy atom. The Morgan fingerprint density at radius 2 is 2.05 bits per heavy atom. The van der Waals surface area contributed by atoms with Crippen molar-refractivity contribution in [3.05, 3.63) is 21.9 Å². The van der Waals surface area contributed by atoms with Crippen LogP contribution in [-0.2, 0) is 16.6 Å². The highest BCUT2D eigenvalue weighted by Gasteiger charge is 2.25. The lowest BCUT2D eigenvalue weighted by Crippen LogP contribution is -2.33. The van der Waals surface area contributed by atoms with Crippen LogP contribution in [0.25, 0.3) is 0 Å². The third kappa shape index (κ3) is 5.63. The van der Waals surface area contributed by atoms with Gasteiger partial charge in [-0.25, -0.2) is 12.7 Å². The first kappa shape index (κ1) is 17.2. The van der Waals surface area contributed by atoms with Gasteiger partial charge in [0.05, 0.1) is 17.2 Å². The number of nitrogens with zero attached hydrogens (tertiary/aromatic N) is 1. The molecule has 0 bridgehead atoms. The van der Waals surface area contributed by atoms with Crippen molar-refractivity contribution in [2.24, 2.45) is 11.1 Å². The second kappa shape index (κ2) is 6.72. The topological polar surface area (TPSA) is 63.4 Å². The highest BCUT2D eigenvalue weighted by atomic mass is 32.2. The number of thiophene rings is 1. The Morgan fingerprint density at radius 1 is 1.40 bits per heavy atom. The zero-order chi connectivity index (χ0) is 15.4. The van der Waals surface area contributed by atoms with Crippen LogP contribution in [0.5, 0.6) is 0 Å². The van der Waals surface area contributed by atoms with Crippen LogP contribution in [-0.4, -0.2) is 32.1 Å². The van der Waals surface area contributed by atoms with Gasteiger partial charge in [0, 0.05) is 13.6 Å². The molecule has 6 heteroatoms. The van der Waals surface area contributed by atoms with E-state index in [0.29, 0.717) is 13.1 Å². The maximum Gasteiger partial charge on any atom is 0.214 e. The smallest absolute Gasteiger partial charge is 0.214 e. The fourth-order valence-electron chi connectivity index (χ4n) is 1.68. The van der Waals surface area contributed by atoms with E-state index >= 15 is 0 Å². The van der Waals surface area contributed by atoms with Crippen molar-refractivity contribution >= 4 is 21.4 Å². The summed E-state index contributed by atoms with van der Waals surface area (Å²) in [7, 11) is -1.63. The lowest BCUT2D eigenvalue weighted by molar-refractivity contribution is 0.420. The van der Waals surface area contributed by atoms with E-state index in [0.717, 1.165) is 10.4 Å². The summed E-state index contributed by atoms with van der Waals surface area (Å²) in [6, 6.07) is 1.91. The standard InChI is InChI=1S/C14H22N2O2S2/c1-14(2,3)11-20(17,18)16(4)9-12-8-13(19-10-12)6-5-7-15/h8,10H,7,9,11,15H2,1-4H3. The molecule has 0 aromatic carbocycles. The van der Waals surface area contributed by atoms with Gasteiger partial charge in [-0.15, -0.1) is 11.3 Å². The number of hydrogen-bond donors (Lipinski definition) is 1. The van der Waals surface area contributed by atoms with E-state index in [9.17, 15) is 8.42 Å². The Hall–Kier alpha value is -0.870. The highest BCUT2D eigenvalue weighted by molar-refractivity contribution is 7.89. The van der Waals surface area contributed by atoms with E-state index in [-0.39, 0.29) is 11.2 Å². The molecule has 0 aliphatic heterocycles. The number of rotatable bonds is 4. The molecule has 1 aromatic rings. The molecule has 4 nitrogen and oxygen atoms in total. The van der Waals surface area contributed by atoms with Crippen molar-refractivity contribution in [2.75, 3.05) is 19.3 Å². The fourth-order valence-corrected chi connectivity index (χ4v) is 4.11. The van der Waals surface area contributed by atoms with E-state index in [1.165, 1.54) is 15.6 Å². The SMILES string of the molecule is CN(Cc1csc(C#CCN)c1)S(=O)(=O)CC(C)(C)C. The number of sulfonamides is 1. The van der Waals surface area contributed by atoms with Gasteiger partial charge < -0.3 is 5.73 Å². The van der Waals surface area contributed by atoms with Gasteiger partial charge in [-0.05, 0) is 22.4 Å². The van der Waals surface area contributed by atoms with E-state index in [4.69, 9.17) is 5.73 Å². The van der Waals surface area contributed by atoms with Gasteiger partial charge in [-0.1, -0.05) is 32.6 Å². The van der Waals surface area contributed by atoms with Gasteiger partial charge in [-0.3, -0.25) is 0 Å². The Kier molecular flexibility index (Phi) is 5.78. The summed E-state index contributed by atoms with van der Waals surface area (Å²) >= 11 is 1.50. The van der Waals surface area contributed by atoms with E-state index in [1.807, 2.05) is 32.2 Å². The molecule has 0 spiro atoms. The van der Waals surface area contributed by atoms with Crippen LogP contribution in [0.2, 0.25) is 0 Å². The largest absolute Gasteiger partial charge is 0.320 e. The van der Waals surface area contributed by atoms with Gasteiger partial charge in [-0.2, -0.15) is 0 Å². The molecule has 0 amide bonds. The maximum absolute atomic E-state index is 12.2. The van der Waals surface area contributed by atoms with Crippen molar-refractivity contribution in [1.82, 2.24) is 4.31 Å². The normalized spacial score (nSPS) is 12.3. The Labute approximate surface area is 126 Å². The van der Waals surface area contributed by atoms with Gasteiger partial charge in [0.15, 0.2) is 0 Å². The van der Waals surface area contributed by atoms with Crippen molar-refractivity contribution in [1.29, 1.82) is 0 Å². The predicted molar refractivity (Wildman–Crippen MR) is 85.0 cm³/mol. The molecule has 0 saturated heterocycles. The van der Waals surface area contributed by atoms with Crippen molar-refractivity contribution in [3.63, 3.8) is 0 Å². The second-order valence-corrected chi connectivity index (χ2v) is 8.89. The van der Waals surface area contributed by atoms with E-state index in [1.54, 1.807) is 7.05 Å². The van der Waals surface area contributed by atoms with Crippen molar-refractivity contribution < 1.29 is 8.42 Å². The molecule has 2 N–H and O–H groups in total. The van der Waals surface area contributed by atoms with Gasteiger partial charge in [0.1, 0.15) is 0 Å².